The molecule has 1 atom stereocenters. The molecule has 104 valence electrons. The molecule has 1 aromatic heterocycles. The maximum absolute atomic E-state index is 12.1. The summed E-state index contributed by atoms with van der Waals surface area (Å²) in [6.45, 7) is -0.236. The van der Waals surface area contributed by atoms with Crippen molar-refractivity contribution < 1.29 is 9.90 Å². The minimum atomic E-state index is -0.535. The molecule has 1 aromatic carbocycles. The summed E-state index contributed by atoms with van der Waals surface area (Å²) in [7, 11) is 0. The second kappa shape index (κ2) is 6.65. The molecule has 0 aliphatic carbocycles. The van der Waals surface area contributed by atoms with Crippen molar-refractivity contribution >= 4 is 29.1 Å². The summed E-state index contributed by atoms with van der Waals surface area (Å²) in [4.78, 5) is 12.1. The number of aromatic nitrogens is 2. The van der Waals surface area contributed by atoms with Crippen molar-refractivity contribution in [1.82, 2.24) is 15.5 Å². The van der Waals surface area contributed by atoms with Gasteiger partial charge in [0.15, 0.2) is 10.3 Å². The molecule has 2 N–H and O–H groups in total. The number of rotatable bonds is 4. The summed E-state index contributed by atoms with van der Waals surface area (Å²) >= 11 is 11.5. The van der Waals surface area contributed by atoms with E-state index in [1.165, 1.54) is 6.07 Å². The number of nitrogens with one attached hydrogen (secondary N) is 1. The molecular formula is C13H11Cl2N3O2. The van der Waals surface area contributed by atoms with E-state index in [0.29, 0.717) is 0 Å². The minimum absolute atomic E-state index is 0.0448. The Balaban J connectivity index is 2.20. The van der Waals surface area contributed by atoms with Gasteiger partial charge in [-0.25, -0.2) is 0 Å². The van der Waals surface area contributed by atoms with Crippen LogP contribution in [0.2, 0.25) is 10.3 Å². The van der Waals surface area contributed by atoms with E-state index < -0.39 is 11.9 Å². The Morgan fingerprint density at radius 2 is 1.95 bits per heavy atom. The Morgan fingerprint density at radius 3 is 2.60 bits per heavy atom. The Labute approximate surface area is 125 Å². The van der Waals surface area contributed by atoms with Crippen molar-refractivity contribution in [1.29, 1.82) is 0 Å². The number of aliphatic hydroxyl groups is 1. The van der Waals surface area contributed by atoms with E-state index in [-0.39, 0.29) is 22.5 Å². The lowest BCUT2D eigenvalue weighted by atomic mass is 10.1. The number of hydrogen-bond acceptors (Lipinski definition) is 4. The maximum atomic E-state index is 12.1. The molecule has 0 aliphatic heterocycles. The first-order valence-electron chi connectivity index (χ1n) is 5.77. The summed E-state index contributed by atoms with van der Waals surface area (Å²) in [6, 6.07) is 9.90. The van der Waals surface area contributed by atoms with E-state index in [1.807, 2.05) is 18.2 Å². The van der Waals surface area contributed by atoms with E-state index in [1.54, 1.807) is 12.1 Å². The summed E-state index contributed by atoms with van der Waals surface area (Å²) in [6.07, 6.45) is 0. The zero-order chi connectivity index (χ0) is 14.5. The van der Waals surface area contributed by atoms with Crippen LogP contribution < -0.4 is 5.32 Å². The van der Waals surface area contributed by atoms with Gasteiger partial charge in [-0.15, -0.1) is 10.2 Å². The normalized spacial score (nSPS) is 11.9. The van der Waals surface area contributed by atoms with Crippen LogP contribution in [-0.4, -0.2) is 27.8 Å². The van der Waals surface area contributed by atoms with Crippen LogP contribution in [0.15, 0.2) is 36.4 Å². The number of carbonyl (C=O) groups is 1. The van der Waals surface area contributed by atoms with Crippen molar-refractivity contribution in [3.63, 3.8) is 0 Å². The Morgan fingerprint density at radius 1 is 1.25 bits per heavy atom. The van der Waals surface area contributed by atoms with E-state index in [9.17, 15) is 9.90 Å². The van der Waals surface area contributed by atoms with Crippen molar-refractivity contribution in [3.8, 4) is 0 Å². The molecule has 20 heavy (non-hydrogen) atoms. The second-order valence-electron chi connectivity index (χ2n) is 3.99. The minimum Gasteiger partial charge on any atom is -0.394 e. The smallest absolute Gasteiger partial charge is 0.255 e. The highest BCUT2D eigenvalue weighted by atomic mass is 35.5. The first kappa shape index (κ1) is 14.7. The third-order valence-electron chi connectivity index (χ3n) is 2.65. The summed E-state index contributed by atoms with van der Waals surface area (Å²) < 4.78 is 0. The zero-order valence-electron chi connectivity index (χ0n) is 10.3. The summed E-state index contributed by atoms with van der Waals surface area (Å²) in [5.74, 6) is -0.477. The number of aliphatic hydroxyl groups excluding tert-OH is 1. The van der Waals surface area contributed by atoms with Crippen LogP contribution >= 0.6 is 23.2 Å². The molecule has 5 nitrogen and oxygen atoms in total. The number of benzene rings is 1. The molecule has 0 spiro atoms. The maximum Gasteiger partial charge on any atom is 0.255 e. The Kier molecular flexibility index (Phi) is 4.89. The molecule has 2 rings (SSSR count). The van der Waals surface area contributed by atoms with E-state index in [4.69, 9.17) is 23.2 Å². The van der Waals surface area contributed by atoms with Gasteiger partial charge in [0.1, 0.15) is 0 Å². The van der Waals surface area contributed by atoms with Gasteiger partial charge in [0.05, 0.1) is 18.2 Å². The van der Waals surface area contributed by atoms with Crippen LogP contribution in [-0.2, 0) is 0 Å². The van der Waals surface area contributed by atoms with Crippen molar-refractivity contribution in [3.05, 3.63) is 57.8 Å². The van der Waals surface area contributed by atoms with Crippen molar-refractivity contribution in [2.24, 2.45) is 0 Å². The van der Waals surface area contributed by atoms with Gasteiger partial charge >= 0.3 is 0 Å². The zero-order valence-corrected chi connectivity index (χ0v) is 11.8. The van der Waals surface area contributed by atoms with E-state index in [0.717, 1.165) is 5.56 Å². The molecule has 0 unspecified atom stereocenters. The molecule has 1 amide bonds. The number of halogens is 2. The first-order valence-corrected chi connectivity index (χ1v) is 6.53. The summed E-state index contributed by atoms with van der Waals surface area (Å²) in [5, 5.41) is 19.2. The molecule has 0 saturated carbocycles. The SMILES string of the molecule is O=C(N[C@@H](CO)c1ccccc1)c1cc(Cl)nnc1Cl. The average Bonchev–Trinajstić information content (AvgIpc) is 2.48. The van der Waals surface area contributed by atoms with Crippen molar-refractivity contribution in [2.75, 3.05) is 6.61 Å². The highest BCUT2D eigenvalue weighted by Gasteiger charge is 2.18. The third-order valence-corrected chi connectivity index (χ3v) is 3.12. The van der Waals surface area contributed by atoms with Crippen LogP contribution in [0.5, 0.6) is 0 Å². The van der Waals surface area contributed by atoms with Gasteiger partial charge in [-0.2, -0.15) is 0 Å². The van der Waals surface area contributed by atoms with Gasteiger partial charge in [0.2, 0.25) is 0 Å². The van der Waals surface area contributed by atoms with Crippen LogP contribution in [0.1, 0.15) is 22.0 Å². The highest BCUT2D eigenvalue weighted by molar-refractivity contribution is 6.34. The van der Waals surface area contributed by atoms with Gasteiger partial charge in [-0.05, 0) is 11.6 Å². The van der Waals surface area contributed by atoms with Gasteiger partial charge in [0, 0.05) is 0 Å². The molecule has 7 heteroatoms. The molecule has 0 fully saturated rings. The Hall–Kier alpha value is -1.69. The fourth-order valence-electron chi connectivity index (χ4n) is 1.67. The largest absolute Gasteiger partial charge is 0.394 e. The van der Waals surface area contributed by atoms with Crippen LogP contribution in [0.25, 0.3) is 0 Å². The van der Waals surface area contributed by atoms with Crippen LogP contribution in [0.3, 0.4) is 0 Å². The predicted octanol–water partition coefficient (Wildman–Crippen LogP) is 2.25. The fraction of sp³-hybridized carbons (Fsp3) is 0.154. The average molecular weight is 312 g/mol. The fourth-order valence-corrected chi connectivity index (χ4v) is 1.99. The van der Waals surface area contributed by atoms with Gasteiger partial charge in [0.25, 0.3) is 5.91 Å². The highest BCUT2D eigenvalue weighted by Crippen LogP contribution is 2.18. The van der Waals surface area contributed by atoms with E-state index in [2.05, 4.69) is 15.5 Å². The number of hydrogen-bond donors (Lipinski definition) is 2. The monoisotopic (exact) mass is 311 g/mol. The lowest BCUT2D eigenvalue weighted by Crippen LogP contribution is -2.31. The molecular weight excluding hydrogens is 301 g/mol. The van der Waals surface area contributed by atoms with Crippen molar-refractivity contribution in [2.45, 2.75) is 6.04 Å². The standard InChI is InChI=1S/C13H11Cl2N3O2/c14-11-6-9(12(15)18-17-11)13(20)16-10(7-19)8-4-2-1-3-5-8/h1-6,10,19H,7H2,(H,16,20)/t10-/m0/s1. The Bertz CT molecular complexity index is 608. The molecule has 0 saturated heterocycles. The number of carbonyl (C=O) groups excluding carboxylic acids is 1. The van der Waals surface area contributed by atoms with Crippen LogP contribution in [0, 0.1) is 0 Å². The molecule has 0 aliphatic rings. The molecule has 0 bridgehead atoms. The van der Waals surface area contributed by atoms with Crippen LogP contribution in [0.4, 0.5) is 0 Å². The predicted molar refractivity (Wildman–Crippen MR) is 75.8 cm³/mol. The third kappa shape index (κ3) is 3.45. The van der Waals surface area contributed by atoms with Gasteiger partial charge in [-0.3, -0.25) is 4.79 Å². The second-order valence-corrected chi connectivity index (χ2v) is 4.74. The number of amides is 1. The lowest BCUT2D eigenvalue weighted by Gasteiger charge is -2.16. The van der Waals surface area contributed by atoms with E-state index >= 15 is 0 Å². The van der Waals surface area contributed by atoms with Gasteiger partial charge in [-0.1, -0.05) is 53.5 Å². The quantitative estimate of drug-likeness (QED) is 0.908. The summed E-state index contributed by atoms with van der Waals surface area (Å²) in [5.41, 5.74) is 0.897. The molecule has 1 heterocycles. The lowest BCUT2D eigenvalue weighted by molar-refractivity contribution is 0.0916. The first-order chi connectivity index (χ1) is 9.61. The number of nitrogens with zero attached hydrogens (tertiary/aromatic N) is 2. The van der Waals surface area contributed by atoms with Gasteiger partial charge < -0.3 is 10.4 Å². The molecule has 2 aromatic rings. The molecule has 0 radical (unpaired) electrons. The topological polar surface area (TPSA) is 75.1 Å².